The van der Waals surface area contributed by atoms with Crippen LogP contribution in [0.3, 0.4) is 0 Å². The average Bonchev–Trinajstić information content (AvgIpc) is 3.31. The van der Waals surface area contributed by atoms with Crippen LogP contribution in [0.5, 0.6) is 0 Å². The lowest BCUT2D eigenvalue weighted by atomic mass is 9.85. The van der Waals surface area contributed by atoms with Gasteiger partial charge in [-0.15, -0.1) is 0 Å². The van der Waals surface area contributed by atoms with E-state index in [2.05, 4.69) is 60.1 Å². The van der Waals surface area contributed by atoms with Crippen molar-refractivity contribution in [3.8, 4) is 0 Å². The maximum Gasteiger partial charge on any atom is 0.472 e. The van der Waals surface area contributed by atoms with Gasteiger partial charge >= 0.3 is 27.6 Å². The number of esters is 2. The highest BCUT2D eigenvalue weighted by molar-refractivity contribution is 7.47. The van der Waals surface area contributed by atoms with Gasteiger partial charge in [0, 0.05) is 12.8 Å². The van der Waals surface area contributed by atoms with Gasteiger partial charge in [0.1, 0.15) is 43.2 Å². The fraction of sp³-hybridized carbons (Fsp3) is 0.608. The summed E-state index contributed by atoms with van der Waals surface area (Å²) in [6, 6.07) is 0. The third-order valence-corrected chi connectivity index (χ3v) is 11.9. The average molecular weight is 1030 g/mol. The predicted molar refractivity (Wildman–Crippen MR) is 270 cm³/mol. The maximum absolute atomic E-state index is 13.0. The molecule has 8 N–H and O–H groups in total. The van der Waals surface area contributed by atoms with E-state index >= 15 is 0 Å². The Kier molecular flexibility index (Phi) is 37.1. The Labute approximate surface area is 415 Å². The van der Waals surface area contributed by atoms with Crippen molar-refractivity contribution in [1.29, 1.82) is 0 Å². The molecule has 0 aromatic rings. The molecule has 19 heteroatoms. The van der Waals surface area contributed by atoms with E-state index in [4.69, 9.17) is 18.5 Å². The lowest BCUT2D eigenvalue weighted by Crippen LogP contribution is -2.64. The second-order valence-electron chi connectivity index (χ2n) is 16.6. The first-order valence-corrected chi connectivity index (χ1v) is 27.5. The number of hydrogen-bond acceptors (Lipinski definition) is 14. The Morgan fingerprint density at radius 3 is 1.46 bits per heavy atom. The quantitative estimate of drug-likeness (QED) is 0.0124. The molecule has 0 heterocycles. The molecule has 0 radical (unpaired) electrons. The van der Waals surface area contributed by atoms with E-state index in [0.29, 0.717) is 38.5 Å². The molecule has 6 unspecified atom stereocenters. The zero-order valence-electron chi connectivity index (χ0n) is 41.0. The maximum atomic E-state index is 13.0. The standard InChI is InChI=1S/C51H82O17P2/c1-3-5-6-7-8-9-10-11-12-13-14-15-16-19-22-25-28-31-34-38-44(53)64-40-43(41-65-70(62,63)68-51-48(57)46(55)47(56)50(49(51)58)67-69(59,60)61)66-45(54)39-35-32-29-26-23-20-17-18-21-24-27-30-33-37-42(52)36-4-2/h8-9,11-12,14-15,17,19-22,24,26,28-31,33,42-43,46-52,55-58H,3-7,10,13,16,18,23,25,27,32,34-41H2,1-2H3,(H,62,63)(H2,59,60,61)/b9-8-,12-11-,15-14-,20-17-,22-19-,24-21-,29-26-,31-28-,33-30-/t42?,43-,46?,47?,48?,49?,50-,51+/m1/s1. The van der Waals surface area contributed by atoms with Gasteiger partial charge in [-0.05, 0) is 89.9 Å². The van der Waals surface area contributed by atoms with Gasteiger partial charge in [-0.1, -0.05) is 142 Å². The molecule has 0 saturated heterocycles. The minimum absolute atomic E-state index is 0.0285. The second-order valence-corrected chi connectivity index (χ2v) is 19.2. The Bertz CT molecular complexity index is 1780. The van der Waals surface area contributed by atoms with E-state index in [-0.39, 0.29) is 18.9 Å². The molecule has 17 nitrogen and oxygen atoms in total. The van der Waals surface area contributed by atoms with Gasteiger partial charge in [0.05, 0.1) is 12.7 Å². The number of carbonyl (C=O) groups excluding carboxylic acids is 2. The molecule has 1 aliphatic rings. The summed E-state index contributed by atoms with van der Waals surface area (Å²) in [7, 11) is -10.7. The highest BCUT2D eigenvalue weighted by Crippen LogP contribution is 2.49. The number of phosphoric acid groups is 2. The number of hydrogen-bond donors (Lipinski definition) is 8. The number of aliphatic hydroxyl groups is 5. The zero-order chi connectivity index (χ0) is 51.9. The fourth-order valence-electron chi connectivity index (χ4n) is 6.60. The lowest BCUT2D eigenvalue weighted by Gasteiger charge is -2.43. The fourth-order valence-corrected chi connectivity index (χ4v) is 8.14. The molecule has 1 rings (SSSR count). The number of phosphoric ester groups is 2. The van der Waals surface area contributed by atoms with Crippen LogP contribution >= 0.6 is 15.6 Å². The van der Waals surface area contributed by atoms with Crippen molar-refractivity contribution in [2.24, 2.45) is 0 Å². The van der Waals surface area contributed by atoms with Crippen molar-refractivity contribution in [1.82, 2.24) is 0 Å². The molecule has 0 aliphatic heterocycles. The summed E-state index contributed by atoms with van der Waals surface area (Å²) in [5, 5.41) is 51.0. The number of rotatable bonds is 39. The molecular formula is C51H82O17P2. The SMILES string of the molecule is CCCCC/C=C\C/C=C\C/C=C\C/C=C\C/C=C\CCC(=O)OC[C@H](COP(=O)(O)O[C@H]1C(O)C(O)C(O)[C@@H](OP(=O)(O)O)C1O)OC(=O)CCC/C=C\C/C=C\C/C=C\C/C=C\CC(O)CCC. The van der Waals surface area contributed by atoms with E-state index in [1.807, 2.05) is 67.7 Å². The van der Waals surface area contributed by atoms with Crippen LogP contribution in [0.15, 0.2) is 109 Å². The molecule has 0 spiro atoms. The van der Waals surface area contributed by atoms with Crippen molar-refractivity contribution in [3.05, 3.63) is 109 Å². The minimum atomic E-state index is -5.39. The second kappa shape index (κ2) is 40.1. The summed E-state index contributed by atoms with van der Waals surface area (Å²) in [6.45, 7) is 2.76. The zero-order valence-corrected chi connectivity index (χ0v) is 42.8. The predicted octanol–water partition coefficient (Wildman–Crippen LogP) is 8.70. The first-order valence-electron chi connectivity index (χ1n) is 24.5. The van der Waals surface area contributed by atoms with Gasteiger partial charge in [-0.3, -0.25) is 23.2 Å². The van der Waals surface area contributed by atoms with Crippen LogP contribution in [-0.4, -0.2) is 114 Å². The van der Waals surface area contributed by atoms with Crippen molar-refractivity contribution in [2.45, 2.75) is 185 Å². The molecule has 9 atom stereocenters. The van der Waals surface area contributed by atoms with E-state index in [0.717, 1.165) is 51.4 Å². The van der Waals surface area contributed by atoms with Crippen LogP contribution in [0, 0.1) is 0 Å². The largest absolute Gasteiger partial charge is 0.472 e. The van der Waals surface area contributed by atoms with E-state index in [1.165, 1.54) is 19.3 Å². The molecular weight excluding hydrogens is 946 g/mol. The molecule has 0 aromatic carbocycles. The topological polar surface area (TPSA) is 276 Å². The van der Waals surface area contributed by atoms with Crippen molar-refractivity contribution in [2.75, 3.05) is 13.2 Å². The summed E-state index contributed by atoms with van der Waals surface area (Å²) in [5.74, 6) is -1.40. The highest BCUT2D eigenvalue weighted by atomic mass is 31.2. The molecule has 1 aliphatic carbocycles. The smallest absolute Gasteiger partial charge is 0.462 e. The van der Waals surface area contributed by atoms with Crippen LogP contribution in [0.2, 0.25) is 0 Å². The van der Waals surface area contributed by atoms with Crippen LogP contribution < -0.4 is 0 Å². The third kappa shape index (κ3) is 34.1. The van der Waals surface area contributed by atoms with Gasteiger partial charge in [0.15, 0.2) is 6.10 Å². The number of carbonyl (C=O) groups is 2. The van der Waals surface area contributed by atoms with Gasteiger partial charge in [0.25, 0.3) is 0 Å². The van der Waals surface area contributed by atoms with Crippen LogP contribution in [0.1, 0.15) is 136 Å². The highest BCUT2D eigenvalue weighted by Gasteiger charge is 2.54. The van der Waals surface area contributed by atoms with Crippen LogP contribution in [-0.2, 0) is 41.8 Å². The summed E-state index contributed by atoms with van der Waals surface area (Å²) in [6.07, 6.45) is 35.5. The molecule has 0 amide bonds. The monoisotopic (exact) mass is 1030 g/mol. The molecule has 0 aromatic heterocycles. The number of unbranched alkanes of at least 4 members (excludes halogenated alkanes) is 4. The van der Waals surface area contributed by atoms with Crippen molar-refractivity contribution >= 4 is 27.6 Å². The molecule has 1 saturated carbocycles. The number of allylic oxidation sites excluding steroid dienone is 17. The summed E-state index contributed by atoms with van der Waals surface area (Å²) < 4.78 is 49.2. The normalized spacial score (nSPS) is 22.4. The summed E-state index contributed by atoms with van der Waals surface area (Å²) >= 11 is 0. The van der Waals surface area contributed by atoms with Gasteiger partial charge in [0.2, 0.25) is 0 Å². The first kappa shape index (κ1) is 64.6. The molecule has 398 valence electrons. The Balaban J connectivity index is 2.68. The Morgan fingerprint density at radius 2 is 0.971 bits per heavy atom. The summed E-state index contributed by atoms with van der Waals surface area (Å²) in [4.78, 5) is 54.3. The Hall–Kier alpha value is -3.38. The van der Waals surface area contributed by atoms with E-state index in [9.17, 15) is 58.9 Å². The third-order valence-electron chi connectivity index (χ3n) is 10.4. The molecule has 1 fully saturated rings. The van der Waals surface area contributed by atoms with Gasteiger partial charge < -0.3 is 49.7 Å². The van der Waals surface area contributed by atoms with Gasteiger partial charge in [-0.2, -0.15) is 0 Å². The van der Waals surface area contributed by atoms with Crippen LogP contribution in [0.4, 0.5) is 0 Å². The Morgan fingerprint density at radius 1 is 0.514 bits per heavy atom. The lowest BCUT2D eigenvalue weighted by molar-refractivity contribution is -0.216. The summed E-state index contributed by atoms with van der Waals surface area (Å²) in [5.41, 5.74) is 0. The van der Waals surface area contributed by atoms with Crippen molar-refractivity contribution < 1.29 is 82.0 Å². The van der Waals surface area contributed by atoms with Gasteiger partial charge in [-0.25, -0.2) is 9.13 Å². The first-order chi connectivity index (χ1) is 33.5. The molecule has 0 bridgehead atoms. The number of ether oxygens (including phenoxy) is 2. The van der Waals surface area contributed by atoms with E-state index < -0.39 is 83.5 Å². The van der Waals surface area contributed by atoms with Crippen molar-refractivity contribution in [3.63, 3.8) is 0 Å². The minimum Gasteiger partial charge on any atom is -0.462 e. The van der Waals surface area contributed by atoms with Crippen LogP contribution in [0.25, 0.3) is 0 Å². The van der Waals surface area contributed by atoms with E-state index in [1.54, 1.807) is 0 Å². The molecule has 70 heavy (non-hydrogen) atoms. The number of aliphatic hydroxyl groups excluding tert-OH is 5.